The fourth-order valence-corrected chi connectivity index (χ4v) is 3.17. The highest BCUT2D eigenvalue weighted by molar-refractivity contribution is 6.47. The van der Waals surface area contributed by atoms with Crippen molar-refractivity contribution >= 4 is 25.0 Å². The molecule has 1 heterocycles. The molecule has 0 aromatic heterocycles. The van der Waals surface area contributed by atoms with E-state index in [1.54, 1.807) is 12.1 Å². The molecule has 158 valence electrons. The van der Waals surface area contributed by atoms with Crippen LogP contribution in [0.15, 0.2) is 18.2 Å². The summed E-state index contributed by atoms with van der Waals surface area (Å²) in [4.78, 5) is 36.1. The Morgan fingerprint density at radius 1 is 1.24 bits per heavy atom. The van der Waals surface area contributed by atoms with Crippen LogP contribution in [0.1, 0.15) is 62.4 Å². The van der Waals surface area contributed by atoms with E-state index >= 15 is 0 Å². The summed E-state index contributed by atoms with van der Waals surface area (Å²) in [6.07, 6.45) is 2.67. The van der Waals surface area contributed by atoms with Gasteiger partial charge in [-0.05, 0) is 37.3 Å². The van der Waals surface area contributed by atoms with Crippen LogP contribution in [0.25, 0.3) is 0 Å². The smallest absolute Gasteiger partial charge is 0.534 e. The first-order chi connectivity index (χ1) is 13.9. The quantitative estimate of drug-likeness (QED) is 0.367. The summed E-state index contributed by atoms with van der Waals surface area (Å²) in [6, 6.07) is 4.92. The van der Waals surface area contributed by atoms with E-state index in [1.807, 2.05) is 20.8 Å². The van der Waals surface area contributed by atoms with E-state index in [9.17, 15) is 19.4 Å². The first-order valence-electron chi connectivity index (χ1n) is 10.0. The molecule has 2 rings (SSSR count). The Bertz CT molecular complexity index is 736. The summed E-state index contributed by atoms with van der Waals surface area (Å²) in [7, 11) is -1.29. The van der Waals surface area contributed by atoms with Gasteiger partial charge in [0.15, 0.2) is 0 Å². The van der Waals surface area contributed by atoms with Gasteiger partial charge in [-0.1, -0.05) is 32.9 Å². The minimum absolute atomic E-state index is 0.124. The van der Waals surface area contributed by atoms with Crippen LogP contribution in [0.3, 0.4) is 0 Å². The van der Waals surface area contributed by atoms with Crippen LogP contribution in [-0.4, -0.2) is 42.7 Å². The molecule has 1 aliphatic heterocycles. The number of ether oxygens (including phenoxy) is 2. The molecule has 0 saturated carbocycles. The highest BCUT2D eigenvalue weighted by Crippen LogP contribution is 2.30. The maximum Gasteiger partial charge on any atom is 0.547 e. The molecule has 8 nitrogen and oxygen atoms in total. The van der Waals surface area contributed by atoms with Crippen molar-refractivity contribution in [2.75, 3.05) is 6.79 Å². The lowest BCUT2D eigenvalue weighted by molar-refractivity contribution is -0.157. The normalized spacial score (nSPS) is 15.3. The second kappa shape index (κ2) is 10.9. The van der Waals surface area contributed by atoms with Crippen LogP contribution in [0.4, 0.5) is 0 Å². The van der Waals surface area contributed by atoms with Gasteiger partial charge in [0.05, 0.1) is 11.9 Å². The van der Waals surface area contributed by atoms with E-state index in [4.69, 9.17) is 14.1 Å². The van der Waals surface area contributed by atoms with Crippen LogP contribution in [0, 0.1) is 5.92 Å². The largest absolute Gasteiger partial charge is 0.547 e. The summed E-state index contributed by atoms with van der Waals surface area (Å²) in [5.74, 6) is -1.92. The van der Waals surface area contributed by atoms with Gasteiger partial charge in [0.1, 0.15) is 11.3 Å². The Kier molecular flexibility index (Phi) is 8.51. The van der Waals surface area contributed by atoms with Gasteiger partial charge < -0.3 is 24.5 Å². The van der Waals surface area contributed by atoms with Gasteiger partial charge in [0.2, 0.25) is 12.7 Å². The van der Waals surface area contributed by atoms with E-state index in [2.05, 4.69) is 5.32 Å². The Labute approximate surface area is 171 Å². The predicted octanol–water partition coefficient (Wildman–Crippen LogP) is 2.02. The van der Waals surface area contributed by atoms with Crippen LogP contribution in [0.5, 0.6) is 5.75 Å². The Balaban J connectivity index is 2.01. The fourth-order valence-electron chi connectivity index (χ4n) is 3.17. The predicted molar refractivity (Wildman–Crippen MR) is 106 cm³/mol. The molecule has 9 heteroatoms. The number of hydrogen-bond donors (Lipinski definition) is 2. The average molecular weight is 405 g/mol. The Hall–Kier alpha value is -2.55. The minimum atomic E-state index is -1.29. The number of benzene rings is 1. The topological polar surface area (TPSA) is 111 Å². The number of hydrogen-bond acceptors (Lipinski definition) is 7. The number of esters is 2. The highest BCUT2D eigenvalue weighted by Gasteiger charge is 2.37. The van der Waals surface area contributed by atoms with Crippen LogP contribution in [0.2, 0.25) is 0 Å². The molecule has 2 N–H and O–H groups in total. The summed E-state index contributed by atoms with van der Waals surface area (Å²) in [6.45, 7) is 5.18. The maximum absolute atomic E-state index is 12.4. The monoisotopic (exact) mass is 405 g/mol. The molecule has 0 spiro atoms. The summed E-state index contributed by atoms with van der Waals surface area (Å²) in [5, 5.41) is 13.0. The minimum Gasteiger partial charge on any atom is -0.534 e. The number of rotatable bonds is 9. The zero-order chi connectivity index (χ0) is 21.4. The zero-order valence-corrected chi connectivity index (χ0v) is 17.1. The number of carbonyl (C=O) groups excluding carboxylic acids is 3. The molecule has 1 amide bonds. The molecule has 0 radical (unpaired) electrons. The van der Waals surface area contributed by atoms with Crippen molar-refractivity contribution in [2.45, 2.75) is 58.8 Å². The average Bonchev–Trinajstić information content (AvgIpc) is 2.69. The molecule has 0 unspecified atom stereocenters. The van der Waals surface area contributed by atoms with Crippen molar-refractivity contribution < 1.29 is 33.5 Å². The van der Waals surface area contributed by atoms with Crippen LogP contribution in [-0.2, 0) is 25.5 Å². The van der Waals surface area contributed by atoms with Crippen LogP contribution >= 0.6 is 0 Å². The first-order valence-corrected chi connectivity index (χ1v) is 10.0. The lowest BCUT2D eigenvalue weighted by atomic mass is 9.72. The molecular weight excluding hydrogens is 377 g/mol. The van der Waals surface area contributed by atoms with Crippen molar-refractivity contribution in [3.63, 3.8) is 0 Å². The number of amides is 1. The van der Waals surface area contributed by atoms with E-state index < -0.39 is 31.8 Å². The summed E-state index contributed by atoms with van der Waals surface area (Å²) >= 11 is 0. The third-order valence-electron chi connectivity index (χ3n) is 4.87. The van der Waals surface area contributed by atoms with Gasteiger partial charge >= 0.3 is 19.1 Å². The number of fused-ring (bicyclic) bond motifs is 1. The molecule has 1 atom stereocenters. The van der Waals surface area contributed by atoms with Crippen LogP contribution < -0.4 is 9.97 Å². The summed E-state index contributed by atoms with van der Waals surface area (Å²) < 4.78 is 15.6. The van der Waals surface area contributed by atoms with Gasteiger partial charge in [0.25, 0.3) is 0 Å². The van der Waals surface area contributed by atoms with Gasteiger partial charge in [-0.2, -0.15) is 0 Å². The number of para-hydroxylation sites is 1. The zero-order valence-electron chi connectivity index (χ0n) is 17.1. The van der Waals surface area contributed by atoms with Crippen molar-refractivity contribution in [2.24, 2.45) is 5.92 Å². The molecule has 0 bridgehead atoms. The second-order valence-corrected chi connectivity index (χ2v) is 6.96. The first kappa shape index (κ1) is 22.7. The third kappa shape index (κ3) is 5.96. The fraction of sp³-hybridized carbons (Fsp3) is 0.550. The molecule has 0 fully saturated rings. The molecular formula is C20H28BNO7. The number of carbonyl (C=O) groups is 3. The van der Waals surface area contributed by atoms with E-state index in [-0.39, 0.29) is 23.1 Å². The molecule has 1 aromatic carbocycles. The standard InChI is InChI=1S/C20H28BNO7/c1-4-8-17(23)22-16-11-14-9-7-10-15(18(14)29-21(16)26)20(25)28-12-27-19(24)13(5-2)6-3/h7,9-10,13,16,26H,4-6,8,11-12H2,1-3H3,(H,22,23)/t16-/m0/s1. The SMILES string of the molecule is CCCC(=O)N[C@H]1Cc2cccc(C(=O)OCOC(=O)C(CC)CC)c2OB1O. The van der Waals surface area contributed by atoms with E-state index in [0.717, 1.165) is 0 Å². The lowest BCUT2D eigenvalue weighted by Gasteiger charge is -2.29. The van der Waals surface area contributed by atoms with E-state index in [1.165, 1.54) is 6.07 Å². The Morgan fingerprint density at radius 2 is 1.97 bits per heavy atom. The molecule has 0 saturated heterocycles. The van der Waals surface area contributed by atoms with Crippen molar-refractivity contribution in [3.8, 4) is 5.75 Å². The highest BCUT2D eigenvalue weighted by atomic mass is 16.7. The van der Waals surface area contributed by atoms with Crippen molar-refractivity contribution in [1.82, 2.24) is 5.32 Å². The lowest BCUT2D eigenvalue weighted by Crippen LogP contribution is -2.53. The molecule has 0 aliphatic carbocycles. The third-order valence-corrected chi connectivity index (χ3v) is 4.87. The van der Waals surface area contributed by atoms with Gasteiger partial charge in [-0.15, -0.1) is 0 Å². The van der Waals surface area contributed by atoms with Gasteiger partial charge in [0, 0.05) is 6.42 Å². The van der Waals surface area contributed by atoms with Gasteiger partial charge in [-0.3, -0.25) is 9.59 Å². The molecule has 1 aromatic rings. The summed E-state index contributed by atoms with van der Waals surface area (Å²) in [5.41, 5.74) is 0.791. The Morgan fingerprint density at radius 3 is 2.62 bits per heavy atom. The van der Waals surface area contributed by atoms with Crippen molar-refractivity contribution in [1.29, 1.82) is 0 Å². The maximum atomic E-state index is 12.4. The second-order valence-electron chi connectivity index (χ2n) is 6.96. The molecule has 1 aliphatic rings. The van der Waals surface area contributed by atoms with Gasteiger partial charge in [-0.25, -0.2) is 4.79 Å². The number of nitrogens with one attached hydrogen (secondary N) is 1. The van der Waals surface area contributed by atoms with Crippen molar-refractivity contribution in [3.05, 3.63) is 29.3 Å². The molecule has 29 heavy (non-hydrogen) atoms. The van der Waals surface area contributed by atoms with E-state index in [0.29, 0.717) is 37.7 Å².